The van der Waals surface area contributed by atoms with Gasteiger partial charge in [-0.15, -0.1) is 0 Å². The Morgan fingerprint density at radius 1 is 0.833 bits per heavy atom. The van der Waals surface area contributed by atoms with Gasteiger partial charge in [0.15, 0.2) is 0 Å². The number of carboxylic acids is 1. The monoisotopic (exact) mass is 568 g/mol. The number of carbonyl (C=O) groups excluding carboxylic acids is 1. The molecule has 42 heavy (non-hydrogen) atoms. The number of amides is 1. The highest BCUT2D eigenvalue weighted by molar-refractivity contribution is 7.13. The average molecular weight is 569 g/mol. The maximum absolute atomic E-state index is 14.1. The quantitative estimate of drug-likeness (QED) is 0.203. The first-order valence-electron chi connectivity index (χ1n) is 14.1. The van der Waals surface area contributed by atoms with Crippen LogP contribution in [-0.2, 0) is 5.41 Å². The molecular weight excluding hydrogens is 540 g/mol. The Bertz CT molecular complexity index is 1980. The maximum atomic E-state index is 14.1. The van der Waals surface area contributed by atoms with Crippen LogP contribution in [0.2, 0.25) is 0 Å². The van der Waals surface area contributed by atoms with Gasteiger partial charge >= 0.3 is 5.97 Å². The second-order valence-corrected chi connectivity index (χ2v) is 11.9. The van der Waals surface area contributed by atoms with Crippen LogP contribution >= 0.6 is 11.5 Å². The van der Waals surface area contributed by atoms with Crippen LogP contribution in [0.3, 0.4) is 0 Å². The SMILES string of the molecule is C[C@H](NC(=O)c1cc(-c2ccccc2)cc2snc(C3(c4ccc5ccccc5c4)CC3)c12)c1ccc(C(=O)O)cc1. The molecular formula is C36H28N2O3S. The van der Waals surface area contributed by atoms with Gasteiger partial charge in [0.25, 0.3) is 5.91 Å². The van der Waals surface area contributed by atoms with Crippen molar-refractivity contribution in [2.24, 2.45) is 0 Å². The molecule has 6 heteroatoms. The number of nitrogens with one attached hydrogen (secondary N) is 1. The lowest BCUT2D eigenvalue weighted by Crippen LogP contribution is -2.27. The van der Waals surface area contributed by atoms with Gasteiger partial charge in [-0.1, -0.05) is 84.9 Å². The lowest BCUT2D eigenvalue weighted by Gasteiger charge is -2.19. The number of nitrogens with zero attached hydrogens (tertiary/aromatic N) is 1. The molecule has 206 valence electrons. The van der Waals surface area contributed by atoms with Gasteiger partial charge in [-0.25, -0.2) is 4.79 Å². The van der Waals surface area contributed by atoms with Crippen molar-refractivity contribution < 1.29 is 14.7 Å². The van der Waals surface area contributed by atoms with E-state index in [4.69, 9.17) is 4.37 Å². The second kappa shape index (κ2) is 10.2. The summed E-state index contributed by atoms with van der Waals surface area (Å²) < 4.78 is 6.02. The van der Waals surface area contributed by atoms with Crippen molar-refractivity contribution in [3.05, 3.63) is 137 Å². The molecule has 5 nitrogen and oxygen atoms in total. The Kier molecular flexibility index (Phi) is 6.36. The van der Waals surface area contributed by atoms with Crippen LogP contribution in [0, 0.1) is 0 Å². The fraction of sp³-hybridized carbons (Fsp3) is 0.139. The molecule has 5 aromatic carbocycles. The van der Waals surface area contributed by atoms with Crippen LogP contribution in [0.4, 0.5) is 0 Å². The van der Waals surface area contributed by atoms with Crippen molar-refractivity contribution in [3.8, 4) is 11.1 Å². The second-order valence-electron chi connectivity index (χ2n) is 11.1. The van der Waals surface area contributed by atoms with E-state index in [2.05, 4.69) is 66.0 Å². The molecule has 1 atom stereocenters. The van der Waals surface area contributed by atoms with E-state index < -0.39 is 5.97 Å². The van der Waals surface area contributed by atoms with Crippen molar-refractivity contribution >= 4 is 44.3 Å². The Hall–Kier alpha value is -4.81. The first-order chi connectivity index (χ1) is 20.4. The van der Waals surface area contributed by atoms with Gasteiger partial charge in [0.1, 0.15) is 0 Å². The number of carbonyl (C=O) groups is 2. The standard InChI is InChI=1S/C36H28N2O3S/c1-22(23-11-13-26(14-12-23)35(40)41)37-34(39)30-20-28(24-7-3-2-4-8-24)21-31-32(30)33(38-42-31)36(17-18-36)29-16-15-25-9-5-6-10-27(25)19-29/h2-16,19-22H,17-18H2,1H3,(H,37,39)(H,40,41)/t22-/m0/s1. The third-order valence-electron chi connectivity index (χ3n) is 8.44. The highest BCUT2D eigenvalue weighted by Crippen LogP contribution is 2.56. The van der Waals surface area contributed by atoms with Gasteiger partial charge in [0.05, 0.1) is 27.6 Å². The zero-order valence-corrected chi connectivity index (χ0v) is 23.8. The average Bonchev–Trinajstić information content (AvgIpc) is 3.72. The molecule has 1 amide bonds. The molecule has 0 radical (unpaired) electrons. The molecule has 6 aromatic rings. The lowest BCUT2D eigenvalue weighted by molar-refractivity contribution is 0.0696. The number of hydrogen-bond donors (Lipinski definition) is 2. The van der Waals surface area contributed by atoms with Crippen LogP contribution in [-0.4, -0.2) is 21.4 Å². The molecule has 0 unspecified atom stereocenters. The summed E-state index contributed by atoms with van der Waals surface area (Å²) in [7, 11) is 0. The predicted molar refractivity (Wildman–Crippen MR) is 168 cm³/mol. The van der Waals surface area contributed by atoms with Gasteiger partial charge in [0.2, 0.25) is 0 Å². The molecule has 1 aromatic heterocycles. The minimum absolute atomic E-state index is 0.177. The molecule has 1 aliphatic carbocycles. The molecule has 0 saturated heterocycles. The summed E-state index contributed by atoms with van der Waals surface area (Å²) in [6.07, 6.45) is 1.97. The zero-order valence-electron chi connectivity index (χ0n) is 23.0. The normalized spacial score (nSPS) is 14.5. The van der Waals surface area contributed by atoms with Crippen LogP contribution < -0.4 is 5.32 Å². The van der Waals surface area contributed by atoms with Crippen LogP contribution in [0.5, 0.6) is 0 Å². The minimum Gasteiger partial charge on any atom is -0.478 e. The molecule has 1 fully saturated rings. The van der Waals surface area contributed by atoms with E-state index >= 15 is 0 Å². The van der Waals surface area contributed by atoms with Crippen molar-refractivity contribution in [1.82, 2.24) is 9.69 Å². The van der Waals surface area contributed by atoms with Gasteiger partial charge in [0, 0.05) is 10.8 Å². The largest absolute Gasteiger partial charge is 0.478 e. The van der Waals surface area contributed by atoms with Crippen molar-refractivity contribution in [2.45, 2.75) is 31.2 Å². The summed E-state index contributed by atoms with van der Waals surface area (Å²) in [6.45, 7) is 1.91. The predicted octanol–water partition coefficient (Wildman–Crippen LogP) is 8.39. The highest BCUT2D eigenvalue weighted by Gasteiger charge is 2.49. The van der Waals surface area contributed by atoms with Crippen LogP contribution in [0.1, 0.15) is 63.3 Å². The number of fused-ring (bicyclic) bond motifs is 2. The molecule has 0 spiro atoms. The minimum atomic E-state index is -0.976. The first-order valence-corrected chi connectivity index (χ1v) is 14.8. The molecule has 1 saturated carbocycles. The lowest BCUT2D eigenvalue weighted by atomic mass is 9.87. The fourth-order valence-electron chi connectivity index (χ4n) is 5.92. The Morgan fingerprint density at radius 3 is 2.26 bits per heavy atom. The van der Waals surface area contributed by atoms with E-state index in [0.717, 1.165) is 45.3 Å². The molecule has 1 heterocycles. The van der Waals surface area contributed by atoms with Crippen LogP contribution in [0.15, 0.2) is 109 Å². The van der Waals surface area contributed by atoms with Gasteiger partial charge in [-0.3, -0.25) is 4.79 Å². The summed E-state index contributed by atoms with van der Waals surface area (Å²) in [5.74, 6) is -1.15. The van der Waals surface area contributed by atoms with Crippen molar-refractivity contribution in [3.63, 3.8) is 0 Å². The molecule has 0 bridgehead atoms. The number of carboxylic acid groups (broad SMARTS) is 1. The summed E-state index contributed by atoms with van der Waals surface area (Å²) in [5, 5.41) is 15.8. The van der Waals surface area contributed by atoms with E-state index in [9.17, 15) is 14.7 Å². The molecule has 1 aliphatic rings. The summed E-state index contributed by atoms with van der Waals surface area (Å²) in [4.78, 5) is 25.4. The zero-order chi connectivity index (χ0) is 28.8. The number of rotatable bonds is 7. The Labute approximate surface area is 247 Å². The van der Waals surface area contributed by atoms with E-state index in [1.807, 2.05) is 31.2 Å². The molecule has 2 N–H and O–H groups in total. The van der Waals surface area contributed by atoms with Gasteiger partial charge in [-0.2, -0.15) is 4.37 Å². The topological polar surface area (TPSA) is 79.3 Å². The van der Waals surface area contributed by atoms with Gasteiger partial charge < -0.3 is 10.4 Å². The third-order valence-corrected chi connectivity index (χ3v) is 9.23. The number of hydrogen-bond acceptors (Lipinski definition) is 4. The van der Waals surface area contributed by atoms with Crippen molar-refractivity contribution in [1.29, 1.82) is 0 Å². The van der Waals surface area contributed by atoms with E-state index in [0.29, 0.717) is 5.56 Å². The number of aromatic carboxylic acids is 1. The third kappa shape index (κ3) is 4.54. The van der Waals surface area contributed by atoms with E-state index in [-0.39, 0.29) is 22.9 Å². The molecule has 7 rings (SSSR count). The Morgan fingerprint density at radius 2 is 1.55 bits per heavy atom. The summed E-state index contributed by atoms with van der Waals surface area (Å²) in [6, 6.07) is 35.6. The number of benzene rings is 5. The van der Waals surface area contributed by atoms with Crippen molar-refractivity contribution in [2.75, 3.05) is 0 Å². The van der Waals surface area contributed by atoms with E-state index in [1.54, 1.807) is 24.3 Å². The Balaban J connectivity index is 1.33. The fourth-order valence-corrected chi connectivity index (χ4v) is 6.85. The summed E-state index contributed by atoms with van der Waals surface area (Å²) in [5.41, 5.74) is 5.66. The van der Waals surface area contributed by atoms with Gasteiger partial charge in [-0.05, 0) is 88.6 Å². The number of aromatic nitrogens is 1. The summed E-state index contributed by atoms with van der Waals surface area (Å²) >= 11 is 1.45. The highest BCUT2D eigenvalue weighted by atomic mass is 32.1. The first kappa shape index (κ1) is 26.1. The smallest absolute Gasteiger partial charge is 0.335 e. The van der Waals surface area contributed by atoms with Crippen LogP contribution in [0.25, 0.3) is 32.0 Å². The maximum Gasteiger partial charge on any atom is 0.335 e. The van der Waals surface area contributed by atoms with E-state index in [1.165, 1.54) is 27.9 Å². The molecule has 0 aliphatic heterocycles.